The second kappa shape index (κ2) is 8.94. The number of hydrogen-bond acceptors (Lipinski definition) is 5. The highest BCUT2D eigenvalue weighted by Gasteiger charge is 2.40. The van der Waals surface area contributed by atoms with Crippen molar-refractivity contribution >= 4 is 39.9 Å². The summed E-state index contributed by atoms with van der Waals surface area (Å²) in [7, 11) is 0. The number of nitrogens with one attached hydrogen (secondary N) is 1. The van der Waals surface area contributed by atoms with Gasteiger partial charge in [-0.25, -0.2) is 9.78 Å². The molecule has 2 atom stereocenters. The van der Waals surface area contributed by atoms with Crippen LogP contribution in [0.3, 0.4) is 0 Å². The van der Waals surface area contributed by atoms with Gasteiger partial charge in [0.1, 0.15) is 6.04 Å². The van der Waals surface area contributed by atoms with Gasteiger partial charge in [-0.2, -0.15) is 0 Å². The first-order valence-corrected chi connectivity index (χ1v) is 11.3. The molecular formula is C22H28ClN3O3S. The number of hydrogen-bond donors (Lipinski definition) is 2. The summed E-state index contributed by atoms with van der Waals surface area (Å²) in [6.45, 7) is 9.69. The fourth-order valence-corrected chi connectivity index (χ4v) is 4.99. The van der Waals surface area contributed by atoms with Gasteiger partial charge in [-0.15, -0.1) is 11.3 Å². The normalized spacial score (nSPS) is 19.5. The molecule has 8 heteroatoms. The fraction of sp³-hybridized carbons (Fsp3) is 0.500. The van der Waals surface area contributed by atoms with E-state index in [1.165, 1.54) is 22.3 Å². The van der Waals surface area contributed by atoms with Crippen LogP contribution in [0.5, 0.6) is 0 Å². The maximum absolute atomic E-state index is 13.4. The van der Waals surface area contributed by atoms with Crippen molar-refractivity contribution in [1.82, 2.24) is 9.88 Å². The van der Waals surface area contributed by atoms with Gasteiger partial charge >= 0.3 is 5.97 Å². The number of amides is 1. The first kappa shape index (κ1) is 22.6. The van der Waals surface area contributed by atoms with Crippen LogP contribution in [0.4, 0.5) is 5.13 Å². The first-order valence-electron chi connectivity index (χ1n) is 10.1. The summed E-state index contributed by atoms with van der Waals surface area (Å²) >= 11 is 7.24. The van der Waals surface area contributed by atoms with Gasteiger partial charge in [-0.1, -0.05) is 51.4 Å². The van der Waals surface area contributed by atoms with Gasteiger partial charge in [0.15, 0.2) is 10.8 Å². The lowest BCUT2D eigenvalue weighted by Gasteiger charge is -2.45. The van der Waals surface area contributed by atoms with Crippen LogP contribution < -0.4 is 5.32 Å². The van der Waals surface area contributed by atoms with Crippen molar-refractivity contribution < 1.29 is 14.7 Å². The Kier molecular flexibility index (Phi) is 6.72. The molecule has 1 aromatic heterocycles. The van der Waals surface area contributed by atoms with Crippen molar-refractivity contribution in [2.75, 3.05) is 18.4 Å². The predicted molar refractivity (Wildman–Crippen MR) is 120 cm³/mol. The zero-order chi connectivity index (χ0) is 22.1. The quantitative estimate of drug-likeness (QED) is 0.650. The first-order chi connectivity index (χ1) is 14.1. The number of halogens is 1. The van der Waals surface area contributed by atoms with Crippen LogP contribution in [0, 0.1) is 11.3 Å². The van der Waals surface area contributed by atoms with Crippen LogP contribution in [-0.4, -0.2) is 46.0 Å². The van der Waals surface area contributed by atoms with Crippen LogP contribution in [0.1, 0.15) is 56.1 Å². The Morgan fingerprint density at radius 2 is 1.97 bits per heavy atom. The lowest BCUT2D eigenvalue weighted by molar-refractivity contribution is -0.136. The number of nitrogens with zero attached hydrogens (tertiary/aromatic N) is 2. The maximum Gasteiger partial charge on any atom is 0.355 e. The molecule has 0 aliphatic carbocycles. The number of carboxylic acid groups (broad SMARTS) is 1. The highest BCUT2D eigenvalue weighted by atomic mass is 35.5. The van der Waals surface area contributed by atoms with Crippen LogP contribution in [0.15, 0.2) is 29.6 Å². The molecule has 1 saturated heterocycles. The van der Waals surface area contributed by atoms with Crippen molar-refractivity contribution in [1.29, 1.82) is 0 Å². The number of aromatic carboxylic acids is 1. The van der Waals surface area contributed by atoms with Crippen LogP contribution >= 0.6 is 22.9 Å². The van der Waals surface area contributed by atoms with E-state index in [1.807, 2.05) is 30.9 Å². The minimum Gasteiger partial charge on any atom is -0.476 e. The van der Waals surface area contributed by atoms with Gasteiger partial charge in [0.2, 0.25) is 5.91 Å². The number of rotatable bonds is 6. The summed E-state index contributed by atoms with van der Waals surface area (Å²) in [6.07, 6.45) is 0.881. The second-order valence-electron chi connectivity index (χ2n) is 8.85. The topological polar surface area (TPSA) is 82.5 Å². The Hall–Kier alpha value is -2.12. The molecule has 162 valence electrons. The molecule has 0 radical (unpaired) electrons. The van der Waals surface area contributed by atoms with Gasteiger partial charge in [-0.05, 0) is 41.4 Å². The molecule has 30 heavy (non-hydrogen) atoms. The molecule has 2 heterocycles. The Bertz CT molecular complexity index is 911. The SMILES string of the molecule is CC(C)C(Nc1nc(C(=O)O)cs1)C(=O)N1CCC(c2ccc(Cl)cc2)C(C)(C)C1. The van der Waals surface area contributed by atoms with Gasteiger partial charge in [0, 0.05) is 23.5 Å². The molecule has 1 aliphatic rings. The minimum atomic E-state index is -1.07. The molecular weight excluding hydrogens is 422 g/mol. The third kappa shape index (κ3) is 4.95. The Labute approximate surface area is 186 Å². The number of carbonyl (C=O) groups is 2. The minimum absolute atomic E-state index is 0.0117. The van der Waals surface area contributed by atoms with E-state index < -0.39 is 12.0 Å². The molecule has 0 spiro atoms. The van der Waals surface area contributed by atoms with Crippen molar-refractivity contribution in [3.8, 4) is 0 Å². The molecule has 1 fully saturated rings. The zero-order valence-electron chi connectivity index (χ0n) is 17.7. The molecule has 6 nitrogen and oxygen atoms in total. The smallest absolute Gasteiger partial charge is 0.355 e. The van der Waals surface area contributed by atoms with E-state index in [9.17, 15) is 9.59 Å². The zero-order valence-corrected chi connectivity index (χ0v) is 19.3. The predicted octanol–water partition coefficient (Wildman–Crippen LogP) is 4.97. The molecule has 2 unspecified atom stereocenters. The van der Waals surface area contributed by atoms with Crippen molar-refractivity contribution in [2.45, 2.75) is 46.1 Å². The molecule has 0 bridgehead atoms. The van der Waals surface area contributed by atoms with E-state index >= 15 is 0 Å². The van der Waals surface area contributed by atoms with Crippen LogP contribution in [0.2, 0.25) is 5.02 Å². The van der Waals surface area contributed by atoms with Crippen molar-refractivity contribution in [3.63, 3.8) is 0 Å². The van der Waals surface area contributed by atoms with E-state index in [2.05, 4.69) is 36.3 Å². The lowest BCUT2D eigenvalue weighted by Crippen LogP contribution is -2.53. The average molecular weight is 450 g/mol. The van der Waals surface area contributed by atoms with E-state index in [-0.39, 0.29) is 22.9 Å². The standard InChI is InChI=1S/C22H28ClN3O3S/c1-13(2)18(25-21-24-17(11-30-21)20(28)29)19(27)26-10-9-16(22(3,4)12-26)14-5-7-15(23)8-6-14/h5-8,11,13,16,18H,9-10,12H2,1-4H3,(H,24,25)(H,28,29). The Morgan fingerprint density at radius 3 is 2.50 bits per heavy atom. The maximum atomic E-state index is 13.4. The number of thiazole rings is 1. The largest absolute Gasteiger partial charge is 0.476 e. The number of piperidine rings is 1. The number of likely N-dealkylation sites (tertiary alicyclic amines) is 1. The third-order valence-corrected chi connectivity index (χ3v) is 6.77. The van der Waals surface area contributed by atoms with Gasteiger partial charge in [-0.3, -0.25) is 4.79 Å². The van der Waals surface area contributed by atoms with Gasteiger partial charge in [0.25, 0.3) is 0 Å². The van der Waals surface area contributed by atoms with Crippen LogP contribution in [-0.2, 0) is 4.79 Å². The fourth-order valence-electron chi connectivity index (χ4n) is 4.14. The van der Waals surface area contributed by atoms with E-state index in [0.29, 0.717) is 24.1 Å². The Morgan fingerprint density at radius 1 is 1.30 bits per heavy atom. The summed E-state index contributed by atoms with van der Waals surface area (Å²) in [5, 5.41) is 14.9. The second-order valence-corrected chi connectivity index (χ2v) is 10.1. The summed E-state index contributed by atoms with van der Waals surface area (Å²) in [4.78, 5) is 30.5. The van der Waals surface area contributed by atoms with E-state index in [1.54, 1.807) is 0 Å². The van der Waals surface area contributed by atoms with Crippen LogP contribution in [0.25, 0.3) is 0 Å². The number of carbonyl (C=O) groups excluding carboxylic acids is 1. The monoisotopic (exact) mass is 449 g/mol. The van der Waals surface area contributed by atoms with E-state index in [4.69, 9.17) is 16.7 Å². The number of benzene rings is 1. The number of aromatic nitrogens is 1. The molecule has 3 rings (SSSR count). The van der Waals surface area contributed by atoms with Gasteiger partial charge < -0.3 is 15.3 Å². The summed E-state index contributed by atoms with van der Waals surface area (Å²) in [6, 6.07) is 7.53. The third-order valence-electron chi connectivity index (χ3n) is 5.75. The average Bonchev–Trinajstić information content (AvgIpc) is 3.14. The summed E-state index contributed by atoms with van der Waals surface area (Å²) < 4.78 is 0. The molecule has 1 aliphatic heterocycles. The number of anilines is 1. The number of carboxylic acids is 1. The highest BCUT2D eigenvalue weighted by Crippen LogP contribution is 2.42. The highest BCUT2D eigenvalue weighted by molar-refractivity contribution is 7.13. The lowest BCUT2D eigenvalue weighted by atomic mass is 9.70. The Balaban J connectivity index is 1.73. The molecule has 2 aromatic rings. The van der Waals surface area contributed by atoms with Gasteiger partial charge in [0.05, 0.1) is 0 Å². The molecule has 2 N–H and O–H groups in total. The summed E-state index contributed by atoms with van der Waals surface area (Å²) in [5.41, 5.74) is 1.15. The van der Waals surface area contributed by atoms with E-state index in [0.717, 1.165) is 11.4 Å². The van der Waals surface area contributed by atoms with Crippen molar-refractivity contribution in [3.05, 3.63) is 45.9 Å². The molecule has 1 aromatic carbocycles. The molecule has 0 saturated carbocycles. The van der Waals surface area contributed by atoms with Crippen molar-refractivity contribution in [2.24, 2.45) is 11.3 Å². The molecule has 1 amide bonds. The summed E-state index contributed by atoms with van der Waals surface area (Å²) in [5.74, 6) is -0.661.